The molecule has 2 aromatic rings. The number of halogens is 1. The SMILES string of the molecule is C[C@H](Oc1ccccc1)C(=O)N=C1S[C@@H]2CS(=O)(=O)C[C@@H]2N1c1cccc(F)c1. The van der Waals surface area contributed by atoms with E-state index in [4.69, 9.17) is 4.74 Å². The Hall–Kier alpha value is -2.39. The topological polar surface area (TPSA) is 76.0 Å². The first-order valence-corrected chi connectivity index (χ1v) is 11.8. The molecule has 2 aliphatic heterocycles. The van der Waals surface area contributed by atoms with Crippen molar-refractivity contribution in [2.75, 3.05) is 16.4 Å². The number of fused-ring (bicyclic) bond motifs is 1. The second kappa shape index (κ2) is 7.79. The number of amides is 1. The smallest absolute Gasteiger partial charge is 0.288 e. The molecule has 0 saturated carbocycles. The van der Waals surface area contributed by atoms with Crippen LogP contribution in [0, 0.1) is 5.82 Å². The molecule has 4 rings (SSSR count). The quantitative estimate of drug-likeness (QED) is 0.737. The van der Waals surface area contributed by atoms with E-state index in [1.54, 1.807) is 48.2 Å². The van der Waals surface area contributed by atoms with Gasteiger partial charge in [-0.2, -0.15) is 4.99 Å². The van der Waals surface area contributed by atoms with E-state index in [1.165, 1.54) is 23.9 Å². The van der Waals surface area contributed by atoms with Crippen molar-refractivity contribution in [3.8, 4) is 5.75 Å². The average Bonchev–Trinajstić information content (AvgIpc) is 3.13. The number of carbonyl (C=O) groups excluding carboxylic acids is 1. The number of carbonyl (C=O) groups is 1. The minimum atomic E-state index is -3.19. The van der Waals surface area contributed by atoms with E-state index in [1.807, 2.05) is 6.07 Å². The first-order chi connectivity index (χ1) is 13.8. The maximum atomic E-state index is 13.8. The molecule has 2 aromatic carbocycles. The number of para-hydroxylation sites is 1. The molecule has 0 N–H and O–H groups in total. The Morgan fingerprint density at radius 1 is 1.21 bits per heavy atom. The maximum absolute atomic E-state index is 13.8. The van der Waals surface area contributed by atoms with Crippen LogP contribution < -0.4 is 9.64 Å². The van der Waals surface area contributed by atoms with Gasteiger partial charge in [0, 0.05) is 10.9 Å². The second-order valence-electron chi connectivity index (χ2n) is 6.96. The summed E-state index contributed by atoms with van der Waals surface area (Å²) in [5, 5.41) is 0.120. The summed E-state index contributed by atoms with van der Waals surface area (Å²) < 4.78 is 43.6. The predicted octanol–water partition coefficient (Wildman–Crippen LogP) is 2.89. The van der Waals surface area contributed by atoms with Gasteiger partial charge in [-0.25, -0.2) is 12.8 Å². The van der Waals surface area contributed by atoms with Crippen LogP contribution in [-0.2, 0) is 14.6 Å². The lowest BCUT2D eigenvalue weighted by molar-refractivity contribution is -0.123. The summed E-state index contributed by atoms with van der Waals surface area (Å²) in [7, 11) is -3.19. The van der Waals surface area contributed by atoms with Gasteiger partial charge in [0.05, 0.1) is 17.5 Å². The lowest BCUT2D eigenvalue weighted by Crippen LogP contribution is -2.38. The van der Waals surface area contributed by atoms with Gasteiger partial charge >= 0.3 is 0 Å². The molecule has 2 fully saturated rings. The summed E-state index contributed by atoms with van der Waals surface area (Å²) in [4.78, 5) is 18.5. The summed E-state index contributed by atoms with van der Waals surface area (Å²) in [6.45, 7) is 1.61. The third-order valence-electron chi connectivity index (χ3n) is 4.76. The van der Waals surface area contributed by atoms with Crippen molar-refractivity contribution in [2.45, 2.75) is 24.3 Å². The number of nitrogens with zero attached hydrogens (tertiary/aromatic N) is 2. The Bertz CT molecular complexity index is 1060. The number of benzene rings is 2. The molecule has 0 bridgehead atoms. The fourth-order valence-electron chi connectivity index (χ4n) is 3.43. The van der Waals surface area contributed by atoms with E-state index in [9.17, 15) is 17.6 Å². The molecule has 152 valence electrons. The number of anilines is 1. The summed E-state index contributed by atoms with van der Waals surface area (Å²) in [5.41, 5.74) is 0.477. The van der Waals surface area contributed by atoms with E-state index in [2.05, 4.69) is 4.99 Å². The van der Waals surface area contributed by atoms with E-state index in [0.717, 1.165) is 0 Å². The molecule has 0 radical (unpaired) electrons. The van der Waals surface area contributed by atoms with Crippen LogP contribution in [0.2, 0.25) is 0 Å². The second-order valence-corrected chi connectivity index (χ2v) is 10.3. The van der Waals surface area contributed by atoms with Crippen molar-refractivity contribution < 1.29 is 22.3 Å². The van der Waals surface area contributed by atoms with Crippen LogP contribution in [0.1, 0.15) is 6.92 Å². The van der Waals surface area contributed by atoms with Crippen molar-refractivity contribution in [3.05, 3.63) is 60.4 Å². The van der Waals surface area contributed by atoms with Crippen LogP contribution in [0.4, 0.5) is 10.1 Å². The standard InChI is InChI=1S/C20H19FN2O4S2/c1-13(27-16-8-3-2-4-9-16)19(24)22-20-23(15-7-5-6-14(21)10-15)17-11-29(25,26)12-18(17)28-20/h2-10,13,17-18H,11-12H2,1H3/t13-,17-,18+/m0/s1. The Labute approximate surface area is 172 Å². The van der Waals surface area contributed by atoms with Gasteiger partial charge in [-0.05, 0) is 37.3 Å². The van der Waals surface area contributed by atoms with Crippen LogP contribution in [0.5, 0.6) is 5.75 Å². The molecule has 6 nitrogen and oxygen atoms in total. The van der Waals surface area contributed by atoms with Gasteiger partial charge in [0.1, 0.15) is 11.6 Å². The normalized spacial score (nSPS) is 25.0. The Morgan fingerprint density at radius 2 is 1.97 bits per heavy atom. The molecule has 0 aromatic heterocycles. The highest BCUT2D eigenvalue weighted by molar-refractivity contribution is 8.16. The van der Waals surface area contributed by atoms with Crippen molar-refractivity contribution in [1.82, 2.24) is 0 Å². The predicted molar refractivity (Wildman–Crippen MR) is 112 cm³/mol. The van der Waals surface area contributed by atoms with E-state index in [0.29, 0.717) is 16.6 Å². The number of aliphatic imine (C=N–C) groups is 1. The van der Waals surface area contributed by atoms with Crippen molar-refractivity contribution in [2.24, 2.45) is 4.99 Å². The molecule has 0 aliphatic carbocycles. The van der Waals surface area contributed by atoms with Gasteiger partial charge in [-0.15, -0.1) is 0 Å². The number of hydrogen-bond acceptors (Lipinski definition) is 5. The number of thioether (sulfide) groups is 1. The highest BCUT2D eigenvalue weighted by Crippen LogP contribution is 2.41. The molecule has 9 heteroatoms. The first-order valence-electron chi connectivity index (χ1n) is 9.08. The molecular weight excluding hydrogens is 415 g/mol. The molecule has 0 unspecified atom stereocenters. The third kappa shape index (κ3) is 4.30. The highest BCUT2D eigenvalue weighted by atomic mass is 32.2. The highest BCUT2D eigenvalue weighted by Gasteiger charge is 2.49. The molecule has 2 aliphatic rings. The zero-order valence-electron chi connectivity index (χ0n) is 15.6. The van der Waals surface area contributed by atoms with Gasteiger partial charge < -0.3 is 9.64 Å². The Morgan fingerprint density at radius 3 is 2.69 bits per heavy atom. The van der Waals surface area contributed by atoms with Crippen LogP contribution in [-0.4, -0.2) is 48.4 Å². The van der Waals surface area contributed by atoms with Crippen molar-refractivity contribution in [1.29, 1.82) is 0 Å². The largest absolute Gasteiger partial charge is 0.481 e. The fraction of sp³-hybridized carbons (Fsp3) is 0.300. The Kier molecular flexibility index (Phi) is 5.35. The van der Waals surface area contributed by atoms with Crippen LogP contribution in [0.15, 0.2) is 59.6 Å². The van der Waals surface area contributed by atoms with Gasteiger partial charge in [0.15, 0.2) is 21.1 Å². The van der Waals surface area contributed by atoms with Crippen molar-refractivity contribution in [3.63, 3.8) is 0 Å². The van der Waals surface area contributed by atoms with Crippen molar-refractivity contribution >= 4 is 38.4 Å². The lowest BCUT2D eigenvalue weighted by atomic mass is 10.2. The summed E-state index contributed by atoms with van der Waals surface area (Å²) in [6, 6.07) is 14.4. The zero-order chi connectivity index (χ0) is 20.6. The van der Waals surface area contributed by atoms with Crippen LogP contribution in [0.3, 0.4) is 0 Å². The molecule has 2 saturated heterocycles. The average molecular weight is 435 g/mol. The molecule has 3 atom stereocenters. The molecule has 0 spiro atoms. The van der Waals surface area contributed by atoms with Crippen LogP contribution in [0.25, 0.3) is 0 Å². The molecule has 1 amide bonds. The number of sulfone groups is 1. The summed E-state index contributed by atoms with van der Waals surface area (Å²) in [6.07, 6.45) is -0.816. The molecular formula is C20H19FN2O4S2. The first kappa shape index (κ1) is 19.9. The van der Waals surface area contributed by atoms with Gasteiger partial charge in [0.2, 0.25) is 0 Å². The number of hydrogen-bond donors (Lipinski definition) is 0. The molecule has 2 heterocycles. The summed E-state index contributed by atoms with van der Waals surface area (Å²) in [5.74, 6) is -0.413. The van der Waals surface area contributed by atoms with Gasteiger partial charge in [-0.1, -0.05) is 36.0 Å². The monoisotopic (exact) mass is 434 g/mol. The molecule has 29 heavy (non-hydrogen) atoms. The minimum Gasteiger partial charge on any atom is -0.481 e. The fourth-order valence-corrected chi connectivity index (χ4v) is 7.35. The van der Waals surface area contributed by atoms with E-state index in [-0.39, 0.29) is 22.8 Å². The van der Waals surface area contributed by atoms with Crippen LogP contribution >= 0.6 is 11.8 Å². The minimum absolute atomic E-state index is 0.0113. The maximum Gasteiger partial charge on any atom is 0.288 e. The Balaban J connectivity index is 1.61. The van der Waals surface area contributed by atoms with Gasteiger partial charge in [0.25, 0.3) is 5.91 Å². The van der Waals surface area contributed by atoms with Gasteiger partial charge in [-0.3, -0.25) is 4.79 Å². The lowest BCUT2D eigenvalue weighted by Gasteiger charge is -2.24. The summed E-state index contributed by atoms with van der Waals surface area (Å²) >= 11 is 1.24. The zero-order valence-corrected chi connectivity index (χ0v) is 17.2. The van der Waals surface area contributed by atoms with E-state index >= 15 is 0 Å². The number of rotatable bonds is 4. The van der Waals surface area contributed by atoms with E-state index < -0.39 is 27.7 Å². The number of ether oxygens (including phenoxy) is 1. The number of amidine groups is 1. The third-order valence-corrected chi connectivity index (χ3v) is 7.97.